The van der Waals surface area contributed by atoms with E-state index in [0.717, 1.165) is 21.7 Å². The topological polar surface area (TPSA) is 84.9 Å². The zero-order valence-corrected chi connectivity index (χ0v) is 17.5. The van der Waals surface area contributed by atoms with Gasteiger partial charge in [-0.3, -0.25) is 9.10 Å². The molecule has 2 rings (SSSR count). The summed E-state index contributed by atoms with van der Waals surface area (Å²) in [6.07, 6.45) is 1.05. The Labute approximate surface area is 166 Å². The largest absolute Gasteiger partial charge is 0.497 e. The molecule has 0 fully saturated rings. The molecular weight excluding hydrogens is 380 g/mol. The molecule has 7 nitrogen and oxygen atoms in total. The molecule has 2 aromatic carbocycles. The second-order valence-electron chi connectivity index (χ2n) is 6.42. The van der Waals surface area contributed by atoms with Crippen LogP contribution >= 0.6 is 0 Å². The van der Waals surface area contributed by atoms with Gasteiger partial charge in [0.1, 0.15) is 17.5 Å². The van der Waals surface area contributed by atoms with Crippen LogP contribution in [-0.2, 0) is 21.4 Å². The lowest BCUT2D eigenvalue weighted by molar-refractivity contribution is -0.122. The molecule has 0 spiro atoms. The van der Waals surface area contributed by atoms with Gasteiger partial charge < -0.3 is 14.8 Å². The summed E-state index contributed by atoms with van der Waals surface area (Å²) >= 11 is 0. The zero-order chi connectivity index (χ0) is 20.9. The first-order chi connectivity index (χ1) is 13.2. The van der Waals surface area contributed by atoms with E-state index >= 15 is 0 Å². The molecule has 28 heavy (non-hydrogen) atoms. The van der Waals surface area contributed by atoms with Gasteiger partial charge in [0.25, 0.3) is 0 Å². The molecule has 0 saturated heterocycles. The van der Waals surface area contributed by atoms with Crippen LogP contribution in [0.15, 0.2) is 42.5 Å². The molecule has 0 aliphatic rings. The number of methoxy groups -OCH3 is 2. The van der Waals surface area contributed by atoms with Crippen molar-refractivity contribution in [2.75, 3.05) is 24.8 Å². The zero-order valence-electron chi connectivity index (χ0n) is 16.7. The molecule has 0 aliphatic carbocycles. The molecular formula is C20H26N2O5S. The maximum Gasteiger partial charge on any atom is 0.243 e. The molecule has 0 bridgehead atoms. The van der Waals surface area contributed by atoms with Gasteiger partial charge in [-0.1, -0.05) is 24.3 Å². The molecule has 0 radical (unpaired) electrons. The summed E-state index contributed by atoms with van der Waals surface area (Å²) < 4.78 is 36.6. The number of hydrogen-bond donors (Lipinski definition) is 1. The Hall–Kier alpha value is -2.74. The minimum absolute atomic E-state index is 0.239. The summed E-state index contributed by atoms with van der Waals surface area (Å²) in [5.41, 5.74) is 2.25. The van der Waals surface area contributed by atoms with Crippen LogP contribution in [0.5, 0.6) is 11.5 Å². The summed E-state index contributed by atoms with van der Waals surface area (Å²) in [5.74, 6) is 0.361. The van der Waals surface area contributed by atoms with Crippen LogP contribution in [0.2, 0.25) is 0 Å². The third-order valence-corrected chi connectivity index (χ3v) is 5.65. The van der Waals surface area contributed by atoms with Crippen molar-refractivity contribution >= 4 is 21.6 Å². The number of sulfonamides is 1. The van der Waals surface area contributed by atoms with E-state index in [1.54, 1.807) is 12.1 Å². The molecule has 1 amide bonds. The van der Waals surface area contributed by atoms with E-state index in [9.17, 15) is 13.2 Å². The van der Waals surface area contributed by atoms with E-state index in [-0.39, 0.29) is 5.69 Å². The minimum atomic E-state index is -3.77. The van der Waals surface area contributed by atoms with E-state index < -0.39 is 22.0 Å². The number of aryl methyl sites for hydroxylation is 1. The van der Waals surface area contributed by atoms with E-state index in [0.29, 0.717) is 18.0 Å². The lowest BCUT2D eigenvalue weighted by Crippen LogP contribution is -2.47. The predicted molar refractivity (Wildman–Crippen MR) is 109 cm³/mol. The SMILES string of the molecule is COc1ccc(OC)c(N([C@@H](C)C(=O)NCc2ccccc2C)S(C)(=O)=O)c1. The highest BCUT2D eigenvalue weighted by atomic mass is 32.2. The number of carbonyl (C=O) groups is 1. The molecule has 1 N–H and O–H groups in total. The average Bonchev–Trinajstić information content (AvgIpc) is 2.66. The van der Waals surface area contributed by atoms with Crippen LogP contribution in [0.1, 0.15) is 18.1 Å². The highest BCUT2D eigenvalue weighted by Gasteiger charge is 2.31. The summed E-state index contributed by atoms with van der Waals surface area (Å²) in [5, 5.41) is 2.81. The van der Waals surface area contributed by atoms with Crippen molar-refractivity contribution in [3.8, 4) is 11.5 Å². The fourth-order valence-electron chi connectivity index (χ4n) is 2.89. The Kier molecular flexibility index (Phi) is 6.90. The number of nitrogens with zero attached hydrogens (tertiary/aromatic N) is 1. The van der Waals surface area contributed by atoms with Gasteiger partial charge in [-0.2, -0.15) is 0 Å². The van der Waals surface area contributed by atoms with Crippen LogP contribution in [0.4, 0.5) is 5.69 Å². The molecule has 0 unspecified atom stereocenters. The number of anilines is 1. The van der Waals surface area contributed by atoms with Crippen LogP contribution in [-0.4, -0.2) is 40.8 Å². The van der Waals surface area contributed by atoms with Crippen LogP contribution in [0.3, 0.4) is 0 Å². The first-order valence-electron chi connectivity index (χ1n) is 8.72. The minimum Gasteiger partial charge on any atom is -0.497 e. The van der Waals surface area contributed by atoms with Gasteiger partial charge in [0.05, 0.1) is 26.2 Å². The Morgan fingerprint density at radius 3 is 2.39 bits per heavy atom. The number of carbonyl (C=O) groups excluding carboxylic acids is 1. The Morgan fingerprint density at radius 1 is 1.14 bits per heavy atom. The summed E-state index contributed by atoms with van der Waals surface area (Å²) in [6, 6.07) is 11.5. The van der Waals surface area contributed by atoms with Crippen molar-refractivity contribution < 1.29 is 22.7 Å². The van der Waals surface area contributed by atoms with Crippen LogP contribution in [0.25, 0.3) is 0 Å². The molecule has 0 saturated carbocycles. The summed E-state index contributed by atoms with van der Waals surface area (Å²) in [6.45, 7) is 3.80. The monoisotopic (exact) mass is 406 g/mol. The van der Waals surface area contributed by atoms with Crippen molar-refractivity contribution in [2.24, 2.45) is 0 Å². The number of ether oxygens (including phenoxy) is 2. The lowest BCUT2D eigenvalue weighted by Gasteiger charge is -2.29. The number of amides is 1. The second-order valence-corrected chi connectivity index (χ2v) is 8.28. The number of benzene rings is 2. The maximum absolute atomic E-state index is 12.8. The van der Waals surface area contributed by atoms with E-state index in [1.807, 2.05) is 31.2 Å². The molecule has 0 aliphatic heterocycles. The van der Waals surface area contributed by atoms with E-state index in [4.69, 9.17) is 9.47 Å². The van der Waals surface area contributed by atoms with Gasteiger partial charge in [0, 0.05) is 12.6 Å². The average molecular weight is 407 g/mol. The predicted octanol–water partition coefficient (Wildman–Crippen LogP) is 2.48. The quantitative estimate of drug-likeness (QED) is 0.728. The highest BCUT2D eigenvalue weighted by Crippen LogP contribution is 2.35. The first kappa shape index (κ1) is 21.6. The second kappa shape index (κ2) is 8.97. The van der Waals surface area contributed by atoms with Crippen molar-refractivity contribution in [1.29, 1.82) is 0 Å². The Bertz CT molecular complexity index is 943. The van der Waals surface area contributed by atoms with Gasteiger partial charge in [-0.15, -0.1) is 0 Å². The molecule has 8 heteroatoms. The first-order valence-corrected chi connectivity index (χ1v) is 10.6. The van der Waals surface area contributed by atoms with Crippen molar-refractivity contribution in [1.82, 2.24) is 5.32 Å². The highest BCUT2D eigenvalue weighted by molar-refractivity contribution is 7.92. The summed E-state index contributed by atoms with van der Waals surface area (Å²) in [7, 11) is -0.854. The van der Waals surface area contributed by atoms with Crippen LogP contribution < -0.4 is 19.1 Å². The standard InChI is InChI=1S/C20H26N2O5S/c1-14-8-6-7-9-16(14)13-21-20(23)15(2)22(28(5,24)25)18-12-17(26-3)10-11-19(18)27-4/h6-12,15H,13H2,1-5H3,(H,21,23)/t15-/m0/s1. The maximum atomic E-state index is 12.8. The molecule has 0 heterocycles. The van der Waals surface area contributed by atoms with E-state index in [2.05, 4.69) is 5.32 Å². The Balaban J connectivity index is 2.33. The molecule has 0 aromatic heterocycles. The van der Waals surface area contributed by atoms with Gasteiger partial charge >= 0.3 is 0 Å². The third kappa shape index (κ3) is 4.95. The van der Waals surface area contributed by atoms with Crippen LogP contribution in [0, 0.1) is 6.92 Å². The van der Waals surface area contributed by atoms with Gasteiger partial charge in [0.2, 0.25) is 15.9 Å². The summed E-state index contributed by atoms with van der Waals surface area (Å²) in [4.78, 5) is 12.8. The molecule has 2 aromatic rings. The Morgan fingerprint density at radius 2 is 1.82 bits per heavy atom. The number of rotatable bonds is 8. The van der Waals surface area contributed by atoms with Gasteiger partial charge in [0.15, 0.2) is 0 Å². The fourth-order valence-corrected chi connectivity index (χ4v) is 4.06. The number of hydrogen-bond acceptors (Lipinski definition) is 5. The van der Waals surface area contributed by atoms with E-state index in [1.165, 1.54) is 27.2 Å². The van der Waals surface area contributed by atoms with Gasteiger partial charge in [-0.25, -0.2) is 8.42 Å². The molecule has 152 valence electrons. The molecule has 1 atom stereocenters. The smallest absolute Gasteiger partial charge is 0.243 e. The number of nitrogens with one attached hydrogen (secondary N) is 1. The third-order valence-electron chi connectivity index (χ3n) is 4.43. The lowest BCUT2D eigenvalue weighted by atomic mass is 10.1. The fraction of sp³-hybridized carbons (Fsp3) is 0.350. The normalized spacial score (nSPS) is 12.2. The van der Waals surface area contributed by atoms with Crippen molar-refractivity contribution in [3.05, 3.63) is 53.6 Å². The van der Waals surface area contributed by atoms with Gasteiger partial charge in [-0.05, 0) is 37.1 Å². The van der Waals surface area contributed by atoms with Crippen molar-refractivity contribution in [2.45, 2.75) is 26.4 Å². The van der Waals surface area contributed by atoms with Crippen molar-refractivity contribution in [3.63, 3.8) is 0 Å².